The van der Waals surface area contributed by atoms with Crippen LogP contribution in [-0.4, -0.2) is 25.4 Å². The second kappa shape index (κ2) is 6.85. The van der Waals surface area contributed by atoms with Crippen molar-refractivity contribution in [3.05, 3.63) is 11.8 Å². The van der Waals surface area contributed by atoms with Gasteiger partial charge in [-0.25, -0.2) is 0 Å². The van der Waals surface area contributed by atoms with Crippen molar-refractivity contribution < 1.29 is 4.79 Å². The quantitative estimate of drug-likeness (QED) is 0.455. The van der Waals surface area contributed by atoms with Crippen molar-refractivity contribution in [2.45, 2.75) is 20.8 Å². The van der Waals surface area contributed by atoms with Gasteiger partial charge in [-0.3, -0.25) is 4.79 Å². The van der Waals surface area contributed by atoms with Gasteiger partial charge in [0.05, 0.1) is 0 Å². The van der Waals surface area contributed by atoms with E-state index in [0.717, 1.165) is 25.3 Å². The average Bonchev–Trinajstić information content (AvgIpc) is 1.97. The normalized spacial score (nSPS) is 11.4. The van der Waals surface area contributed by atoms with E-state index in [9.17, 15) is 4.79 Å². The predicted octanol–water partition coefficient (Wildman–Crippen LogP) is 0.678. The van der Waals surface area contributed by atoms with Crippen LogP contribution in [0.5, 0.6) is 0 Å². The topological polar surface area (TPSA) is 41.1 Å². The number of allylic oxidation sites excluding steroid dienone is 2. The van der Waals surface area contributed by atoms with Crippen LogP contribution >= 0.6 is 0 Å². The van der Waals surface area contributed by atoms with Crippen molar-refractivity contribution in [3.63, 3.8) is 0 Å². The monoisotopic (exact) mass is 170 g/mol. The fourth-order valence-electron chi connectivity index (χ4n) is 0.881. The Kier molecular flexibility index (Phi) is 6.38. The summed E-state index contributed by atoms with van der Waals surface area (Å²) in [6, 6.07) is 0. The second-order valence-corrected chi connectivity index (χ2v) is 2.72. The zero-order valence-corrected chi connectivity index (χ0v) is 8.11. The van der Waals surface area contributed by atoms with Gasteiger partial charge < -0.3 is 10.6 Å². The molecule has 0 spiro atoms. The van der Waals surface area contributed by atoms with Gasteiger partial charge in [-0.05, 0) is 26.5 Å². The second-order valence-electron chi connectivity index (χ2n) is 2.72. The van der Waals surface area contributed by atoms with E-state index < -0.39 is 0 Å². The van der Waals surface area contributed by atoms with Crippen molar-refractivity contribution in [3.8, 4) is 0 Å². The molecule has 0 rings (SSSR count). The third-order valence-corrected chi connectivity index (χ3v) is 1.38. The number of nitrogens with one attached hydrogen (secondary N) is 2. The summed E-state index contributed by atoms with van der Waals surface area (Å²) in [5, 5.41) is 6.31. The van der Waals surface area contributed by atoms with E-state index in [1.54, 1.807) is 13.0 Å². The van der Waals surface area contributed by atoms with Crippen molar-refractivity contribution in [1.82, 2.24) is 10.6 Å². The smallest absolute Gasteiger partial charge is 0.154 e. The zero-order chi connectivity index (χ0) is 9.40. The fraction of sp³-hybridized carbons (Fsp3) is 0.667. The lowest BCUT2D eigenvalue weighted by atomic mass is 10.3. The first-order chi connectivity index (χ1) is 5.66. The molecule has 0 amide bonds. The highest BCUT2D eigenvalue weighted by molar-refractivity contribution is 5.87. The molecule has 0 aromatic rings. The maximum atomic E-state index is 10.6. The lowest BCUT2D eigenvalue weighted by Gasteiger charge is -2.05. The summed E-state index contributed by atoms with van der Waals surface area (Å²) in [5.74, 6) is 0.0865. The summed E-state index contributed by atoms with van der Waals surface area (Å²) in [6.45, 7) is 8.29. The first-order valence-electron chi connectivity index (χ1n) is 4.30. The number of carbonyl (C=O) groups excluding carboxylic acids is 1. The molecule has 0 bridgehead atoms. The number of ketones is 1. The molecule has 0 fully saturated rings. The zero-order valence-electron chi connectivity index (χ0n) is 8.11. The Hall–Kier alpha value is -0.830. The van der Waals surface area contributed by atoms with Gasteiger partial charge >= 0.3 is 0 Å². The minimum atomic E-state index is 0.0865. The summed E-state index contributed by atoms with van der Waals surface area (Å²) < 4.78 is 0. The maximum Gasteiger partial charge on any atom is 0.154 e. The van der Waals surface area contributed by atoms with Crippen LogP contribution < -0.4 is 10.6 Å². The van der Waals surface area contributed by atoms with Gasteiger partial charge in [-0.15, -0.1) is 0 Å². The molecule has 3 nitrogen and oxygen atoms in total. The minimum absolute atomic E-state index is 0.0865. The van der Waals surface area contributed by atoms with E-state index in [2.05, 4.69) is 17.6 Å². The van der Waals surface area contributed by atoms with Gasteiger partial charge in [0.25, 0.3) is 0 Å². The van der Waals surface area contributed by atoms with Gasteiger partial charge in [0.1, 0.15) is 0 Å². The molecule has 0 aromatic heterocycles. The Bertz CT molecular complexity index is 164. The molecule has 70 valence electrons. The third kappa shape index (κ3) is 7.28. The van der Waals surface area contributed by atoms with Crippen LogP contribution in [0.15, 0.2) is 11.8 Å². The van der Waals surface area contributed by atoms with Crippen LogP contribution in [0.4, 0.5) is 0 Å². The fourth-order valence-corrected chi connectivity index (χ4v) is 0.881. The number of hydrogen-bond donors (Lipinski definition) is 2. The molecule has 12 heavy (non-hydrogen) atoms. The highest BCUT2D eigenvalue weighted by Crippen LogP contribution is 1.85. The Morgan fingerprint density at radius 3 is 2.50 bits per heavy atom. The predicted molar refractivity (Wildman–Crippen MR) is 51.0 cm³/mol. The summed E-state index contributed by atoms with van der Waals surface area (Å²) in [4.78, 5) is 10.6. The molecule has 0 saturated carbocycles. The molecule has 0 radical (unpaired) electrons. The van der Waals surface area contributed by atoms with Gasteiger partial charge in [-0.1, -0.05) is 6.92 Å². The van der Waals surface area contributed by atoms with Gasteiger partial charge in [0, 0.05) is 18.8 Å². The lowest BCUT2D eigenvalue weighted by Crippen LogP contribution is -2.26. The highest BCUT2D eigenvalue weighted by atomic mass is 16.1. The third-order valence-electron chi connectivity index (χ3n) is 1.38. The SMILES string of the molecule is CCNCCNC(C)=CC(C)=O. The Morgan fingerprint density at radius 2 is 2.00 bits per heavy atom. The Balaban J connectivity index is 3.43. The molecular formula is C9H18N2O. The van der Waals surface area contributed by atoms with Gasteiger partial charge in [0.15, 0.2) is 5.78 Å². The molecule has 0 aliphatic carbocycles. The van der Waals surface area contributed by atoms with Crippen molar-refractivity contribution in [1.29, 1.82) is 0 Å². The largest absolute Gasteiger partial charge is 0.387 e. The standard InChI is InChI=1S/C9H18N2O/c1-4-10-5-6-11-8(2)7-9(3)12/h7,10-11H,4-6H2,1-3H3. The number of hydrogen-bond acceptors (Lipinski definition) is 3. The molecule has 0 aromatic carbocycles. The number of likely N-dealkylation sites (N-methyl/N-ethyl adjacent to an activating group) is 1. The highest BCUT2D eigenvalue weighted by Gasteiger charge is 1.89. The molecule has 0 heterocycles. The maximum absolute atomic E-state index is 10.6. The Labute approximate surface area is 74.2 Å². The van der Waals surface area contributed by atoms with E-state index in [0.29, 0.717) is 0 Å². The lowest BCUT2D eigenvalue weighted by molar-refractivity contribution is -0.112. The van der Waals surface area contributed by atoms with Gasteiger partial charge in [0.2, 0.25) is 0 Å². The van der Waals surface area contributed by atoms with E-state index >= 15 is 0 Å². The summed E-state index contributed by atoms with van der Waals surface area (Å²) in [6.07, 6.45) is 1.60. The summed E-state index contributed by atoms with van der Waals surface area (Å²) in [7, 11) is 0. The average molecular weight is 170 g/mol. The van der Waals surface area contributed by atoms with Crippen molar-refractivity contribution in [2.75, 3.05) is 19.6 Å². The van der Waals surface area contributed by atoms with Gasteiger partial charge in [-0.2, -0.15) is 0 Å². The first kappa shape index (κ1) is 11.2. The van der Waals surface area contributed by atoms with E-state index in [1.165, 1.54) is 0 Å². The van der Waals surface area contributed by atoms with Crippen LogP contribution in [0.2, 0.25) is 0 Å². The van der Waals surface area contributed by atoms with Crippen LogP contribution in [-0.2, 0) is 4.79 Å². The number of carbonyl (C=O) groups is 1. The van der Waals surface area contributed by atoms with E-state index in [-0.39, 0.29) is 5.78 Å². The van der Waals surface area contributed by atoms with Crippen LogP contribution in [0.3, 0.4) is 0 Å². The van der Waals surface area contributed by atoms with Crippen LogP contribution in [0.1, 0.15) is 20.8 Å². The molecule has 0 aliphatic heterocycles. The molecule has 0 saturated heterocycles. The summed E-state index contributed by atoms with van der Waals surface area (Å²) in [5.41, 5.74) is 0.931. The van der Waals surface area contributed by atoms with E-state index in [4.69, 9.17) is 0 Å². The Morgan fingerprint density at radius 1 is 1.33 bits per heavy atom. The molecule has 0 aliphatic rings. The molecular weight excluding hydrogens is 152 g/mol. The molecule has 3 heteroatoms. The summed E-state index contributed by atoms with van der Waals surface area (Å²) >= 11 is 0. The van der Waals surface area contributed by atoms with Crippen molar-refractivity contribution in [2.24, 2.45) is 0 Å². The minimum Gasteiger partial charge on any atom is -0.387 e. The number of rotatable bonds is 6. The molecule has 0 atom stereocenters. The van der Waals surface area contributed by atoms with Crippen LogP contribution in [0.25, 0.3) is 0 Å². The molecule has 2 N–H and O–H groups in total. The van der Waals surface area contributed by atoms with Crippen molar-refractivity contribution >= 4 is 5.78 Å². The van der Waals surface area contributed by atoms with Crippen LogP contribution in [0, 0.1) is 0 Å². The molecule has 0 unspecified atom stereocenters. The first-order valence-corrected chi connectivity index (χ1v) is 4.30. The van der Waals surface area contributed by atoms with E-state index in [1.807, 2.05) is 6.92 Å².